The van der Waals surface area contributed by atoms with Gasteiger partial charge in [0, 0.05) is 20.1 Å². The van der Waals surface area contributed by atoms with Crippen molar-refractivity contribution in [1.29, 1.82) is 0 Å². The maximum Gasteiger partial charge on any atom is 0.0767 e. The van der Waals surface area contributed by atoms with Crippen LogP contribution in [0.5, 0.6) is 0 Å². The molecule has 1 N–H and O–H groups in total. The molecule has 1 fully saturated rings. The van der Waals surface area contributed by atoms with Gasteiger partial charge in [0.25, 0.3) is 0 Å². The first kappa shape index (κ1) is 13.1. The number of aliphatic hydroxyl groups is 1. The zero-order valence-electron chi connectivity index (χ0n) is 10.5. The number of β-amino-alcohol motifs (C(OH)–C–C–N with tert-alkyl or cyclic N) is 1. The lowest BCUT2D eigenvalue weighted by molar-refractivity contribution is 0.0655. The molecule has 1 aliphatic rings. The molecule has 0 aromatic carbocycles. The predicted molar refractivity (Wildman–Crippen MR) is 70.8 cm³/mol. The second kappa shape index (κ2) is 5.50. The van der Waals surface area contributed by atoms with E-state index in [1.54, 1.807) is 0 Å². The highest BCUT2D eigenvalue weighted by Crippen LogP contribution is 2.24. The average Bonchev–Trinajstić information content (AvgIpc) is 2.56. The Hall–Kier alpha value is -0.390. The summed E-state index contributed by atoms with van der Waals surface area (Å²) in [6.45, 7) is 4.82. The van der Waals surface area contributed by atoms with Gasteiger partial charge in [0.15, 0.2) is 0 Å². The second-order valence-electron chi connectivity index (χ2n) is 4.72. The van der Waals surface area contributed by atoms with Gasteiger partial charge < -0.3 is 5.11 Å². The molecule has 1 aromatic rings. The SMILES string of the molecule is CCc1nn(C)c(CN2CCC[C@H](O)C2)c1Br. The zero-order chi connectivity index (χ0) is 12.4. The number of halogens is 1. The van der Waals surface area contributed by atoms with E-state index < -0.39 is 0 Å². The summed E-state index contributed by atoms with van der Waals surface area (Å²) in [5.41, 5.74) is 2.32. The van der Waals surface area contributed by atoms with Crippen LogP contribution in [0.1, 0.15) is 31.2 Å². The van der Waals surface area contributed by atoms with Gasteiger partial charge in [0.2, 0.25) is 0 Å². The predicted octanol–water partition coefficient (Wildman–Crippen LogP) is 1.70. The molecule has 4 nitrogen and oxygen atoms in total. The smallest absolute Gasteiger partial charge is 0.0767 e. The van der Waals surface area contributed by atoms with E-state index in [0.717, 1.165) is 49.1 Å². The lowest BCUT2D eigenvalue weighted by Gasteiger charge is -2.29. The lowest BCUT2D eigenvalue weighted by Crippen LogP contribution is -2.38. The molecule has 96 valence electrons. The average molecular weight is 302 g/mol. The van der Waals surface area contributed by atoms with Gasteiger partial charge in [-0.05, 0) is 41.7 Å². The Labute approximate surface area is 111 Å². The summed E-state index contributed by atoms with van der Waals surface area (Å²) in [7, 11) is 1.99. The quantitative estimate of drug-likeness (QED) is 0.924. The summed E-state index contributed by atoms with van der Waals surface area (Å²) in [5, 5.41) is 14.2. The number of likely N-dealkylation sites (tertiary alicyclic amines) is 1. The van der Waals surface area contributed by atoms with Crippen molar-refractivity contribution in [1.82, 2.24) is 14.7 Å². The van der Waals surface area contributed by atoms with Crippen molar-refractivity contribution in [3.8, 4) is 0 Å². The standard InChI is InChI=1S/C12H20BrN3O/c1-3-10-12(13)11(15(2)14-10)8-16-6-4-5-9(17)7-16/h9,17H,3-8H2,1-2H3/t9-/m0/s1. The van der Waals surface area contributed by atoms with Gasteiger partial charge in [-0.25, -0.2) is 0 Å². The van der Waals surface area contributed by atoms with Crippen LogP contribution in [0, 0.1) is 0 Å². The Morgan fingerprint density at radius 1 is 1.53 bits per heavy atom. The molecular weight excluding hydrogens is 282 g/mol. The van der Waals surface area contributed by atoms with Gasteiger partial charge in [0.05, 0.1) is 22.0 Å². The van der Waals surface area contributed by atoms with Crippen LogP contribution in [-0.4, -0.2) is 39.0 Å². The fourth-order valence-electron chi connectivity index (χ4n) is 2.38. The lowest BCUT2D eigenvalue weighted by atomic mass is 10.1. The molecule has 17 heavy (non-hydrogen) atoms. The van der Waals surface area contributed by atoms with Crippen LogP contribution in [0.15, 0.2) is 4.47 Å². The highest BCUT2D eigenvalue weighted by atomic mass is 79.9. The molecule has 0 radical (unpaired) electrons. The Morgan fingerprint density at radius 3 is 2.88 bits per heavy atom. The van der Waals surface area contributed by atoms with Gasteiger partial charge in [-0.15, -0.1) is 0 Å². The van der Waals surface area contributed by atoms with Gasteiger partial charge >= 0.3 is 0 Å². The highest BCUT2D eigenvalue weighted by Gasteiger charge is 2.21. The first-order chi connectivity index (χ1) is 8.11. The number of nitrogens with zero attached hydrogens (tertiary/aromatic N) is 3. The van der Waals surface area contributed by atoms with Crippen molar-refractivity contribution in [2.24, 2.45) is 7.05 Å². The number of aromatic nitrogens is 2. The van der Waals surface area contributed by atoms with Crippen LogP contribution >= 0.6 is 15.9 Å². The fraction of sp³-hybridized carbons (Fsp3) is 0.750. The Balaban J connectivity index is 2.10. The van der Waals surface area contributed by atoms with Gasteiger partial charge in [-0.2, -0.15) is 5.10 Å². The van der Waals surface area contributed by atoms with Crippen LogP contribution < -0.4 is 0 Å². The number of aliphatic hydroxyl groups excluding tert-OH is 1. The molecule has 1 saturated heterocycles. The minimum Gasteiger partial charge on any atom is -0.392 e. The van der Waals surface area contributed by atoms with E-state index in [-0.39, 0.29) is 6.10 Å². The topological polar surface area (TPSA) is 41.3 Å². The molecule has 1 aliphatic heterocycles. The van der Waals surface area contributed by atoms with Crippen LogP contribution in [0.25, 0.3) is 0 Å². The van der Waals surface area contributed by atoms with Crippen LogP contribution in [0.3, 0.4) is 0 Å². The van der Waals surface area contributed by atoms with E-state index in [4.69, 9.17) is 0 Å². The Kier molecular flexibility index (Phi) is 4.22. The van der Waals surface area contributed by atoms with Crippen molar-refractivity contribution in [3.05, 3.63) is 15.9 Å². The number of hydrogen-bond acceptors (Lipinski definition) is 3. The van der Waals surface area contributed by atoms with Crippen molar-refractivity contribution < 1.29 is 5.11 Å². The molecule has 0 amide bonds. The van der Waals surface area contributed by atoms with Crippen LogP contribution in [0.2, 0.25) is 0 Å². The number of hydrogen-bond donors (Lipinski definition) is 1. The van der Waals surface area contributed by atoms with Crippen molar-refractivity contribution in [2.45, 2.75) is 38.8 Å². The van der Waals surface area contributed by atoms with E-state index in [0.29, 0.717) is 0 Å². The fourth-order valence-corrected chi connectivity index (χ4v) is 3.12. The third kappa shape index (κ3) is 2.89. The molecule has 2 heterocycles. The highest BCUT2D eigenvalue weighted by molar-refractivity contribution is 9.10. The number of rotatable bonds is 3. The third-order valence-electron chi connectivity index (χ3n) is 3.36. The normalized spacial score (nSPS) is 22.0. The Bertz CT molecular complexity index is 391. The zero-order valence-corrected chi connectivity index (χ0v) is 12.1. The summed E-state index contributed by atoms with van der Waals surface area (Å²) >= 11 is 3.63. The summed E-state index contributed by atoms with van der Waals surface area (Å²) in [6, 6.07) is 0. The van der Waals surface area contributed by atoms with E-state index in [1.165, 1.54) is 5.69 Å². The van der Waals surface area contributed by atoms with E-state index in [2.05, 4.69) is 32.9 Å². The van der Waals surface area contributed by atoms with Crippen molar-refractivity contribution in [3.63, 3.8) is 0 Å². The summed E-state index contributed by atoms with van der Waals surface area (Å²) in [6.07, 6.45) is 2.79. The molecule has 0 aliphatic carbocycles. The maximum atomic E-state index is 9.67. The summed E-state index contributed by atoms with van der Waals surface area (Å²) in [5.74, 6) is 0. The van der Waals surface area contributed by atoms with Crippen molar-refractivity contribution in [2.75, 3.05) is 13.1 Å². The minimum atomic E-state index is -0.165. The van der Waals surface area contributed by atoms with E-state index in [9.17, 15) is 5.11 Å². The first-order valence-electron chi connectivity index (χ1n) is 6.22. The van der Waals surface area contributed by atoms with Gasteiger partial charge in [-0.1, -0.05) is 6.92 Å². The van der Waals surface area contributed by atoms with E-state index in [1.807, 2.05) is 11.7 Å². The monoisotopic (exact) mass is 301 g/mol. The van der Waals surface area contributed by atoms with Crippen LogP contribution in [0.4, 0.5) is 0 Å². The second-order valence-corrected chi connectivity index (χ2v) is 5.51. The molecule has 0 bridgehead atoms. The minimum absolute atomic E-state index is 0.165. The summed E-state index contributed by atoms with van der Waals surface area (Å²) in [4.78, 5) is 2.30. The largest absolute Gasteiger partial charge is 0.392 e. The van der Waals surface area contributed by atoms with Crippen LogP contribution in [-0.2, 0) is 20.0 Å². The molecule has 0 saturated carbocycles. The molecule has 1 atom stereocenters. The Morgan fingerprint density at radius 2 is 2.29 bits per heavy atom. The molecule has 1 aromatic heterocycles. The maximum absolute atomic E-state index is 9.67. The van der Waals surface area contributed by atoms with Gasteiger partial charge in [0.1, 0.15) is 0 Å². The molecule has 2 rings (SSSR count). The third-order valence-corrected chi connectivity index (χ3v) is 4.27. The molecule has 0 spiro atoms. The number of piperidine rings is 1. The van der Waals surface area contributed by atoms with Gasteiger partial charge in [-0.3, -0.25) is 9.58 Å². The van der Waals surface area contributed by atoms with E-state index >= 15 is 0 Å². The summed E-state index contributed by atoms with van der Waals surface area (Å²) < 4.78 is 3.08. The van der Waals surface area contributed by atoms with Crippen molar-refractivity contribution >= 4 is 15.9 Å². The molecular formula is C12H20BrN3O. The molecule has 5 heteroatoms. The molecule has 0 unspecified atom stereocenters. The first-order valence-corrected chi connectivity index (χ1v) is 7.01. The number of aryl methyl sites for hydroxylation is 2.